The van der Waals surface area contributed by atoms with Crippen LogP contribution in [-0.2, 0) is 9.53 Å². The first kappa shape index (κ1) is 16.7. The van der Waals surface area contributed by atoms with E-state index in [1.165, 1.54) is 0 Å². The quantitative estimate of drug-likeness (QED) is 0.788. The molecule has 0 aromatic heterocycles. The molecule has 2 rings (SSSR count). The molecule has 1 aliphatic carbocycles. The van der Waals surface area contributed by atoms with E-state index in [0.717, 1.165) is 39.0 Å². The van der Waals surface area contributed by atoms with Crippen LogP contribution < -0.4 is 0 Å². The van der Waals surface area contributed by atoms with E-state index in [9.17, 15) is 9.90 Å². The summed E-state index contributed by atoms with van der Waals surface area (Å²) in [6.07, 6.45) is 2.90. The Hall–Kier alpha value is -0.650. The maximum Gasteiger partial charge on any atom is 0.308 e. The average molecular weight is 298 g/mol. The van der Waals surface area contributed by atoms with Gasteiger partial charge in [-0.2, -0.15) is 0 Å². The fourth-order valence-corrected chi connectivity index (χ4v) is 3.60. The summed E-state index contributed by atoms with van der Waals surface area (Å²) in [5.74, 6) is -0.109. The van der Waals surface area contributed by atoms with E-state index < -0.39 is 5.60 Å². The molecule has 1 N–H and O–H groups in total. The predicted molar refractivity (Wildman–Crippen MR) is 82.1 cm³/mol. The molecule has 1 atom stereocenters. The Morgan fingerprint density at radius 2 is 2.00 bits per heavy atom. The lowest BCUT2D eigenvalue weighted by molar-refractivity contribution is -0.151. The lowest BCUT2D eigenvalue weighted by Crippen LogP contribution is -2.56. The van der Waals surface area contributed by atoms with Gasteiger partial charge in [-0.15, -0.1) is 0 Å². The SMILES string of the molecule is CCOC(=O)C1CCC(O)(CN2CCN(C)CC2C)CC1. The molecular formula is C16H30N2O3. The molecule has 2 aliphatic rings. The van der Waals surface area contributed by atoms with Gasteiger partial charge in [0.25, 0.3) is 0 Å². The van der Waals surface area contributed by atoms with E-state index >= 15 is 0 Å². The van der Waals surface area contributed by atoms with Crippen LogP contribution in [0.2, 0.25) is 0 Å². The van der Waals surface area contributed by atoms with Crippen LogP contribution in [0, 0.1) is 5.92 Å². The van der Waals surface area contributed by atoms with E-state index in [2.05, 4.69) is 23.8 Å². The smallest absolute Gasteiger partial charge is 0.308 e. The first-order valence-electron chi connectivity index (χ1n) is 8.25. The van der Waals surface area contributed by atoms with E-state index in [0.29, 0.717) is 25.5 Å². The van der Waals surface area contributed by atoms with Gasteiger partial charge in [-0.05, 0) is 46.6 Å². The summed E-state index contributed by atoms with van der Waals surface area (Å²) < 4.78 is 5.09. The van der Waals surface area contributed by atoms with Gasteiger partial charge in [0, 0.05) is 32.2 Å². The van der Waals surface area contributed by atoms with Crippen molar-refractivity contribution in [3.8, 4) is 0 Å². The minimum Gasteiger partial charge on any atom is -0.466 e. The number of aliphatic hydroxyl groups is 1. The number of carbonyl (C=O) groups is 1. The second-order valence-corrected chi connectivity index (χ2v) is 6.83. The molecule has 0 amide bonds. The van der Waals surface area contributed by atoms with Crippen molar-refractivity contribution in [3.63, 3.8) is 0 Å². The van der Waals surface area contributed by atoms with Gasteiger partial charge < -0.3 is 14.7 Å². The zero-order valence-electron chi connectivity index (χ0n) is 13.7. The normalized spacial score (nSPS) is 35.6. The Bertz CT molecular complexity index is 353. The molecule has 1 aliphatic heterocycles. The van der Waals surface area contributed by atoms with Crippen molar-refractivity contribution >= 4 is 5.97 Å². The molecule has 0 aromatic carbocycles. The Morgan fingerprint density at radius 1 is 1.33 bits per heavy atom. The average Bonchev–Trinajstić information content (AvgIpc) is 2.43. The van der Waals surface area contributed by atoms with Crippen LogP contribution in [0.15, 0.2) is 0 Å². The van der Waals surface area contributed by atoms with Gasteiger partial charge in [0.15, 0.2) is 0 Å². The van der Waals surface area contributed by atoms with Crippen LogP contribution in [0.3, 0.4) is 0 Å². The number of hydrogen-bond donors (Lipinski definition) is 1. The molecule has 21 heavy (non-hydrogen) atoms. The summed E-state index contributed by atoms with van der Waals surface area (Å²) in [6.45, 7) is 8.37. The molecule has 0 radical (unpaired) electrons. The lowest BCUT2D eigenvalue weighted by atomic mass is 9.78. The Balaban J connectivity index is 1.83. The highest BCUT2D eigenvalue weighted by Crippen LogP contribution is 2.34. The predicted octanol–water partition coefficient (Wildman–Crippen LogP) is 1.11. The van der Waals surface area contributed by atoms with E-state index in [1.54, 1.807) is 0 Å². The number of nitrogens with zero attached hydrogens (tertiary/aromatic N) is 2. The molecule has 5 heteroatoms. The molecule has 5 nitrogen and oxygen atoms in total. The highest BCUT2D eigenvalue weighted by atomic mass is 16.5. The van der Waals surface area contributed by atoms with Gasteiger partial charge in [0.2, 0.25) is 0 Å². The van der Waals surface area contributed by atoms with Crippen molar-refractivity contribution in [1.82, 2.24) is 9.80 Å². The maximum absolute atomic E-state index is 11.8. The van der Waals surface area contributed by atoms with Gasteiger partial charge in [-0.25, -0.2) is 0 Å². The number of esters is 1. The van der Waals surface area contributed by atoms with E-state index in [4.69, 9.17) is 4.74 Å². The summed E-state index contributed by atoms with van der Waals surface area (Å²) in [5.41, 5.74) is -0.632. The third-order valence-electron chi connectivity index (χ3n) is 5.00. The zero-order valence-corrected chi connectivity index (χ0v) is 13.7. The number of likely N-dealkylation sites (N-methyl/N-ethyl adjacent to an activating group) is 1. The number of rotatable bonds is 4. The zero-order chi connectivity index (χ0) is 15.5. The summed E-state index contributed by atoms with van der Waals surface area (Å²) in [7, 11) is 2.15. The van der Waals surface area contributed by atoms with E-state index in [-0.39, 0.29) is 11.9 Å². The largest absolute Gasteiger partial charge is 0.466 e. The van der Waals surface area contributed by atoms with Crippen LogP contribution >= 0.6 is 0 Å². The van der Waals surface area contributed by atoms with Crippen LogP contribution in [0.25, 0.3) is 0 Å². The minimum atomic E-state index is -0.632. The summed E-state index contributed by atoms with van der Waals surface area (Å²) >= 11 is 0. The molecule has 2 fully saturated rings. The van der Waals surface area contributed by atoms with Crippen LogP contribution in [0.5, 0.6) is 0 Å². The highest BCUT2D eigenvalue weighted by molar-refractivity contribution is 5.72. The topological polar surface area (TPSA) is 53.0 Å². The number of hydrogen-bond acceptors (Lipinski definition) is 5. The summed E-state index contributed by atoms with van der Waals surface area (Å²) in [5, 5.41) is 10.8. The van der Waals surface area contributed by atoms with Crippen LogP contribution in [0.4, 0.5) is 0 Å². The van der Waals surface area contributed by atoms with Crippen molar-refractivity contribution in [2.45, 2.75) is 51.2 Å². The second kappa shape index (κ2) is 7.07. The number of β-amino-alcohol motifs (C(OH)–C–C–N with tert-alkyl or cyclic N) is 1. The van der Waals surface area contributed by atoms with Crippen LogP contribution in [0.1, 0.15) is 39.5 Å². The third kappa shape index (κ3) is 4.41. The summed E-state index contributed by atoms with van der Waals surface area (Å²) in [4.78, 5) is 16.5. The van der Waals surface area contributed by atoms with Crippen LogP contribution in [-0.4, -0.2) is 72.4 Å². The molecular weight excluding hydrogens is 268 g/mol. The fourth-order valence-electron chi connectivity index (χ4n) is 3.60. The van der Waals surface area contributed by atoms with E-state index in [1.807, 2.05) is 6.92 Å². The van der Waals surface area contributed by atoms with Gasteiger partial charge in [0.1, 0.15) is 0 Å². The first-order valence-corrected chi connectivity index (χ1v) is 8.25. The standard InChI is InChI=1S/C16H30N2O3/c1-4-21-15(19)14-5-7-16(20,8-6-14)12-18-10-9-17(3)11-13(18)2/h13-14,20H,4-12H2,1-3H3. The first-order chi connectivity index (χ1) is 9.93. The molecule has 0 spiro atoms. The lowest BCUT2D eigenvalue weighted by Gasteiger charge is -2.44. The Morgan fingerprint density at radius 3 is 2.57 bits per heavy atom. The van der Waals surface area contributed by atoms with Crippen molar-refractivity contribution in [2.24, 2.45) is 5.92 Å². The van der Waals surface area contributed by atoms with Crippen molar-refractivity contribution in [2.75, 3.05) is 39.8 Å². The van der Waals surface area contributed by atoms with Crippen molar-refractivity contribution < 1.29 is 14.6 Å². The molecule has 0 bridgehead atoms. The van der Waals surface area contributed by atoms with Crippen molar-refractivity contribution in [3.05, 3.63) is 0 Å². The van der Waals surface area contributed by atoms with Gasteiger partial charge in [-0.3, -0.25) is 9.69 Å². The molecule has 122 valence electrons. The molecule has 1 saturated carbocycles. The Labute approximate surface area is 128 Å². The third-order valence-corrected chi connectivity index (χ3v) is 5.00. The summed E-state index contributed by atoms with van der Waals surface area (Å²) in [6, 6.07) is 0.482. The maximum atomic E-state index is 11.8. The molecule has 1 heterocycles. The molecule has 0 aromatic rings. The monoisotopic (exact) mass is 298 g/mol. The number of ether oxygens (including phenoxy) is 1. The second-order valence-electron chi connectivity index (χ2n) is 6.83. The van der Waals surface area contributed by atoms with Gasteiger partial charge >= 0.3 is 5.97 Å². The van der Waals surface area contributed by atoms with Gasteiger partial charge in [0.05, 0.1) is 18.1 Å². The minimum absolute atomic E-state index is 0.0184. The Kier molecular flexibility index (Phi) is 5.63. The van der Waals surface area contributed by atoms with Crippen molar-refractivity contribution in [1.29, 1.82) is 0 Å². The number of piperazine rings is 1. The van der Waals surface area contributed by atoms with Gasteiger partial charge in [-0.1, -0.05) is 0 Å². The molecule has 1 unspecified atom stereocenters. The fraction of sp³-hybridized carbons (Fsp3) is 0.938. The molecule has 1 saturated heterocycles. The highest BCUT2D eigenvalue weighted by Gasteiger charge is 2.38. The number of carbonyl (C=O) groups excluding carboxylic acids is 1.